The molecule has 0 unspecified atom stereocenters. The third kappa shape index (κ3) is 3.52. The van der Waals surface area contributed by atoms with E-state index in [4.69, 9.17) is 4.74 Å². The molecule has 32 heavy (non-hydrogen) atoms. The third-order valence-electron chi connectivity index (χ3n) is 5.25. The van der Waals surface area contributed by atoms with Gasteiger partial charge in [0.2, 0.25) is 0 Å². The van der Waals surface area contributed by atoms with E-state index in [0.717, 1.165) is 33.5 Å². The van der Waals surface area contributed by atoms with Gasteiger partial charge in [0.25, 0.3) is 5.56 Å². The van der Waals surface area contributed by atoms with Gasteiger partial charge >= 0.3 is 11.7 Å². The van der Waals surface area contributed by atoms with Gasteiger partial charge in [-0.3, -0.25) is 13.9 Å². The summed E-state index contributed by atoms with van der Waals surface area (Å²) in [5, 5.41) is 0.318. The highest BCUT2D eigenvalue weighted by atomic mass is 32.1. The molecule has 3 heterocycles. The molecule has 8 nitrogen and oxygen atoms in total. The topological polar surface area (TPSA) is 99.0 Å². The molecule has 2 aromatic carbocycles. The molecule has 0 saturated carbocycles. The van der Waals surface area contributed by atoms with Gasteiger partial charge in [-0.1, -0.05) is 36.4 Å². The smallest absolute Gasteiger partial charge is 0.348 e. The van der Waals surface area contributed by atoms with Gasteiger partial charge in [0.15, 0.2) is 0 Å². The molecule has 0 amide bonds. The normalized spacial score (nSPS) is 11.3. The first-order chi connectivity index (χ1) is 15.5. The van der Waals surface area contributed by atoms with Crippen LogP contribution in [0.25, 0.3) is 21.3 Å². The summed E-state index contributed by atoms with van der Waals surface area (Å²) in [4.78, 5) is 46.4. The molecule has 0 aliphatic carbocycles. The molecule has 0 radical (unpaired) electrons. The number of nitrogens with one attached hydrogen (secondary N) is 1. The number of hydrogen-bond donors (Lipinski definition) is 1. The number of benzene rings is 2. The number of carbonyl (C=O) groups is 1. The number of thiophene rings is 1. The van der Waals surface area contributed by atoms with Crippen molar-refractivity contribution < 1.29 is 9.53 Å². The van der Waals surface area contributed by atoms with E-state index < -0.39 is 17.2 Å². The Kier molecular flexibility index (Phi) is 4.95. The molecular weight excluding hydrogens is 428 g/mol. The Hall–Kier alpha value is -3.98. The number of aromatic nitrogens is 4. The van der Waals surface area contributed by atoms with E-state index in [1.165, 1.54) is 15.2 Å². The Bertz CT molecular complexity index is 1580. The van der Waals surface area contributed by atoms with E-state index >= 15 is 0 Å². The minimum atomic E-state index is -0.546. The molecule has 0 aliphatic heterocycles. The second-order valence-corrected chi connectivity index (χ2v) is 8.41. The quantitative estimate of drug-likeness (QED) is 0.419. The molecule has 3 aromatic heterocycles. The van der Waals surface area contributed by atoms with E-state index in [0.29, 0.717) is 10.2 Å². The zero-order valence-corrected chi connectivity index (χ0v) is 17.9. The van der Waals surface area contributed by atoms with Crippen molar-refractivity contribution in [1.82, 2.24) is 19.1 Å². The molecule has 5 rings (SSSR count). The summed E-state index contributed by atoms with van der Waals surface area (Å²) < 4.78 is 8.02. The van der Waals surface area contributed by atoms with Gasteiger partial charge in [-0.2, -0.15) is 0 Å². The average molecular weight is 446 g/mol. The Balaban J connectivity index is 1.43. The predicted molar refractivity (Wildman–Crippen MR) is 122 cm³/mol. The van der Waals surface area contributed by atoms with Crippen LogP contribution in [0.5, 0.6) is 0 Å². The fraction of sp³-hybridized carbons (Fsp3) is 0.130. The van der Waals surface area contributed by atoms with Crippen LogP contribution in [0.2, 0.25) is 0 Å². The number of nitrogens with zero attached hydrogens (tertiary/aromatic N) is 3. The number of fused-ring (bicyclic) bond motifs is 2. The van der Waals surface area contributed by atoms with Crippen LogP contribution in [0.15, 0.2) is 70.5 Å². The summed E-state index contributed by atoms with van der Waals surface area (Å²) in [6.45, 7) is 0.237. The number of aryl methyl sites for hydroxylation is 1. The van der Waals surface area contributed by atoms with Gasteiger partial charge in [-0.15, -0.1) is 11.3 Å². The molecule has 0 fully saturated rings. The lowest BCUT2D eigenvalue weighted by Crippen LogP contribution is -2.38. The maximum atomic E-state index is 13.0. The van der Waals surface area contributed by atoms with Crippen molar-refractivity contribution in [3.63, 3.8) is 0 Å². The largest absolute Gasteiger partial charge is 0.457 e. The number of imidazole rings is 1. The number of aromatic amines is 1. The van der Waals surface area contributed by atoms with Crippen molar-refractivity contribution in [1.29, 1.82) is 0 Å². The SMILES string of the molecule is Cn1c(=O)n(Cc2ccccc2)c(=O)c2cc(C(=O)OCc3ccc4[nH]cnc4c3)sc21. The van der Waals surface area contributed by atoms with E-state index in [2.05, 4.69) is 9.97 Å². The molecular formula is C23H18N4O4S. The van der Waals surface area contributed by atoms with Crippen molar-refractivity contribution in [2.75, 3.05) is 0 Å². The van der Waals surface area contributed by atoms with Crippen molar-refractivity contribution in [2.24, 2.45) is 7.05 Å². The van der Waals surface area contributed by atoms with Crippen LogP contribution in [0.4, 0.5) is 0 Å². The molecule has 0 saturated heterocycles. The number of esters is 1. The third-order valence-corrected chi connectivity index (χ3v) is 6.44. The van der Waals surface area contributed by atoms with Gasteiger partial charge < -0.3 is 9.72 Å². The summed E-state index contributed by atoms with van der Waals surface area (Å²) >= 11 is 1.07. The zero-order chi connectivity index (χ0) is 22.2. The molecule has 0 spiro atoms. The standard InChI is InChI=1S/C23H18N4O4S/c1-26-21-16(20(28)27(23(26)30)11-14-5-3-2-4-6-14)10-19(32-21)22(29)31-12-15-7-8-17-18(9-15)25-13-24-17/h2-10,13H,11-12H2,1H3,(H,24,25). The lowest BCUT2D eigenvalue weighted by molar-refractivity contribution is 0.0479. The summed E-state index contributed by atoms with van der Waals surface area (Å²) in [5.41, 5.74) is 2.48. The highest BCUT2D eigenvalue weighted by molar-refractivity contribution is 7.20. The fourth-order valence-corrected chi connectivity index (χ4v) is 4.58. The van der Waals surface area contributed by atoms with E-state index in [-0.39, 0.29) is 18.0 Å². The first kappa shape index (κ1) is 20.0. The molecule has 0 bridgehead atoms. The molecule has 0 atom stereocenters. The second kappa shape index (κ2) is 7.93. The first-order valence-corrected chi connectivity index (χ1v) is 10.7. The van der Waals surface area contributed by atoms with Crippen molar-refractivity contribution in [3.05, 3.63) is 97.8 Å². The Morgan fingerprint density at radius 3 is 2.72 bits per heavy atom. The Morgan fingerprint density at radius 2 is 1.91 bits per heavy atom. The summed E-state index contributed by atoms with van der Waals surface area (Å²) in [5.74, 6) is -0.546. The van der Waals surface area contributed by atoms with Gasteiger partial charge in [0.05, 0.1) is 29.3 Å². The van der Waals surface area contributed by atoms with Crippen LogP contribution in [-0.2, 0) is 24.9 Å². The maximum Gasteiger partial charge on any atom is 0.348 e. The predicted octanol–water partition coefficient (Wildman–Crippen LogP) is 3.04. The summed E-state index contributed by atoms with van der Waals surface area (Å²) in [7, 11) is 1.59. The number of ether oxygens (including phenoxy) is 1. The van der Waals surface area contributed by atoms with Crippen LogP contribution in [0.1, 0.15) is 20.8 Å². The van der Waals surface area contributed by atoms with Gasteiger partial charge in [0.1, 0.15) is 16.3 Å². The van der Waals surface area contributed by atoms with Gasteiger partial charge in [0, 0.05) is 7.05 Å². The van der Waals surface area contributed by atoms with Crippen LogP contribution in [0.3, 0.4) is 0 Å². The first-order valence-electron chi connectivity index (χ1n) is 9.87. The molecule has 9 heteroatoms. The van der Waals surface area contributed by atoms with Crippen LogP contribution in [0, 0.1) is 0 Å². The van der Waals surface area contributed by atoms with E-state index in [1.54, 1.807) is 13.4 Å². The highest BCUT2D eigenvalue weighted by Gasteiger charge is 2.19. The number of rotatable bonds is 5. The number of carbonyl (C=O) groups excluding carboxylic acids is 1. The van der Waals surface area contributed by atoms with Gasteiger partial charge in [-0.05, 0) is 29.3 Å². The van der Waals surface area contributed by atoms with Crippen molar-refractivity contribution in [2.45, 2.75) is 13.2 Å². The molecule has 1 N–H and O–H groups in total. The average Bonchev–Trinajstić information content (AvgIpc) is 3.47. The Morgan fingerprint density at radius 1 is 1.09 bits per heavy atom. The van der Waals surface area contributed by atoms with Crippen molar-refractivity contribution in [3.8, 4) is 0 Å². The minimum absolute atomic E-state index is 0.0764. The molecule has 160 valence electrons. The highest BCUT2D eigenvalue weighted by Crippen LogP contribution is 2.23. The Labute approximate surface area is 185 Å². The summed E-state index contributed by atoms with van der Waals surface area (Å²) in [6.07, 6.45) is 1.60. The second-order valence-electron chi connectivity index (χ2n) is 7.38. The van der Waals surface area contributed by atoms with E-state index in [9.17, 15) is 14.4 Å². The molecule has 5 aromatic rings. The van der Waals surface area contributed by atoms with Crippen molar-refractivity contribution >= 4 is 38.6 Å². The maximum absolute atomic E-state index is 13.0. The van der Waals surface area contributed by atoms with Crippen LogP contribution in [-0.4, -0.2) is 25.1 Å². The number of H-pyrrole nitrogens is 1. The fourth-order valence-electron chi connectivity index (χ4n) is 3.58. The monoisotopic (exact) mass is 446 g/mol. The van der Waals surface area contributed by atoms with E-state index in [1.807, 2.05) is 48.5 Å². The van der Waals surface area contributed by atoms with Crippen LogP contribution < -0.4 is 11.2 Å². The lowest BCUT2D eigenvalue weighted by atomic mass is 10.2. The molecule has 0 aliphatic rings. The van der Waals surface area contributed by atoms with Gasteiger partial charge in [-0.25, -0.2) is 14.6 Å². The minimum Gasteiger partial charge on any atom is -0.457 e. The van der Waals surface area contributed by atoms with Crippen LogP contribution >= 0.6 is 11.3 Å². The zero-order valence-electron chi connectivity index (χ0n) is 17.1. The summed E-state index contributed by atoms with van der Waals surface area (Å²) in [6, 6.07) is 16.4. The lowest BCUT2D eigenvalue weighted by Gasteiger charge is -2.08. The number of hydrogen-bond acceptors (Lipinski definition) is 6.